The topological polar surface area (TPSA) is 83.6 Å². The molecule has 0 unspecified atom stereocenters. The fourth-order valence-electron chi connectivity index (χ4n) is 3.03. The van der Waals surface area contributed by atoms with Gasteiger partial charge in [-0.25, -0.2) is 12.8 Å². The van der Waals surface area contributed by atoms with Gasteiger partial charge in [0.2, 0.25) is 15.9 Å². The highest BCUT2D eigenvalue weighted by atomic mass is 35.5. The van der Waals surface area contributed by atoms with Crippen LogP contribution in [0.3, 0.4) is 0 Å². The maximum absolute atomic E-state index is 13.2. The molecule has 1 amide bonds. The van der Waals surface area contributed by atoms with Gasteiger partial charge in [-0.1, -0.05) is 48.9 Å². The number of carbonyl (C=O) groups is 2. The lowest BCUT2D eigenvalue weighted by Gasteiger charge is -2.20. The van der Waals surface area contributed by atoms with Crippen molar-refractivity contribution in [2.45, 2.75) is 11.8 Å². The molecule has 0 radical (unpaired) electrons. The number of hydrogen-bond acceptors (Lipinski definition) is 4. The zero-order valence-corrected chi connectivity index (χ0v) is 18.7. The molecule has 0 aliphatic rings. The minimum absolute atomic E-state index is 0.0174. The lowest BCUT2D eigenvalue weighted by Crippen LogP contribution is -2.38. The van der Waals surface area contributed by atoms with Crippen molar-refractivity contribution in [1.82, 2.24) is 4.31 Å². The number of carbonyl (C=O) groups excluding carboxylic acids is 2. The van der Waals surface area contributed by atoms with Gasteiger partial charge in [-0.3, -0.25) is 9.59 Å². The van der Waals surface area contributed by atoms with Crippen LogP contribution in [-0.2, 0) is 14.8 Å². The number of nitrogens with zero attached hydrogens (tertiary/aromatic N) is 1. The first kappa shape index (κ1) is 23.6. The second-order valence-corrected chi connectivity index (χ2v) is 9.19. The van der Waals surface area contributed by atoms with E-state index in [9.17, 15) is 22.4 Å². The van der Waals surface area contributed by atoms with Crippen LogP contribution in [0.4, 0.5) is 10.1 Å². The molecule has 9 heteroatoms. The summed E-state index contributed by atoms with van der Waals surface area (Å²) in [5.74, 6) is -1.54. The maximum Gasteiger partial charge on any atom is 0.243 e. The molecule has 3 aromatic rings. The summed E-state index contributed by atoms with van der Waals surface area (Å²) in [6.07, 6.45) is 0. The quantitative estimate of drug-likeness (QED) is 0.492. The van der Waals surface area contributed by atoms with Gasteiger partial charge >= 0.3 is 0 Å². The molecule has 3 rings (SSSR count). The zero-order chi connectivity index (χ0) is 23.3. The van der Waals surface area contributed by atoms with E-state index in [1.165, 1.54) is 18.2 Å². The molecule has 166 valence electrons. The molecule has 6 nitrogen and oxygen atoms in total. The number of halogens is 2. The van der Waals surface area contributed by atoms with Crippen molar-refractivity contribution in [2.75, 3.05) is 18.4 Å². The monoisotopic (exact) mass is 474 g/mol. The first-order chi connectivity index (χ1) is 15.2. The van der Waals surface area contributed by atoms with Gasteiger partial charge in [0.25, 0.3) is 0 Å². The molecule has 0 saturated carbocycles. The van der Waals surface area contributed by atoms with E-state index in [2.05, 4.69) is 5.32 Å². The van der Waals surface area contributed by atoms with Gasteiger partial charge in [-0.2, -0.15) is 4.31 Å². The first-order valence-corrected chi connectivity index (χ1v) is 11.5. The van der Waals surface area contributed by atoms with Gasteiger partial charge < -0.3 is 5.32 Å². The van der Waals surface area contributed by atoms with Crippen LogP contribution in [-0.4, -0.2) is 37.5 Å². The van der Waals surface area contributed by atoms with Gasteiger partial charge in [0, 0.05) is 22.7 Å². The third-order valence-corrected chi connectivity index (χ3v) is 6.83. The van der Waals surface area contributed by atoms with Gasteiger partial charge in [-0.05, 0) is 42.5 Å². The van der Waals surface area contributed by atoms with Gasteiger partial charge in [-0.15, -0.1) is 0 Å². The first-order valence-electron chi connectivity index (χ1n) is 9.67. The van der Waals surface area contributed by atoms with Crippen LogP contribution in [0.15, 0.2) is 77.7 Å². The van der Waals surface area contributed by atoms with Crippen LogP contribution in [0, 0.1) is 5.82 Å². The summed E-state index contributed by atoms with van der Waals surface area (Å²) in [5.41, 5.74) is 0.810. The molecule has 0 heterocycles. The zero-order valence-electron chi connectivity index (χ0n) is 17.1. The summed E-state index contributed by atoms with van der Waals surface area (Å²) in [7, 11) is -4.01. The van der Waals surface area contributed by atoms with Crippen molar-refractivity contribution in [3.05, 3.63) is 94.8 Å². The van der Waals surface area contributed by atoms with Gasteiger partial charge in [0.05, 0.1) is 17.1 Å². The standard InChI is InChI=1S/C23H20ClFN2O4S/c1-2-27(32(30,31)19-11-9-18(25)10-12-19)15-22(28)26-21-13-8-17(24)14-20(21)23(29)16-6-4-3-5-7-16/h3-14H,2,15H2,1H3,(H,26,28). The molecular weight excluding hydrogens is 455 g/mol. The third-order valence-electron chi connectivity index (χ3n) is 4.66. The van der Waals surface area contributed by atoms with Crippen LogP contribution < -0.4 is 5.32 Å². The molecule has 1 N–H and O–H groups in total. The number of benzene rings is 3. The average molecular weight is 475 g/mol. The molecule has 3 aromatic carbocycles. The second kappa shape index (κ2) is 10.0. The highest BCUT2D eigenvalue weighted by Gasteiger charge is 2.26. The molecule has 0 saturated heterocycles. The Balaban J connectivity index is 1.82. The summed E-state index contributed by atoms with van der Waals surface area (Å²) >= 11 is 6.05. The Kier molecular flexibility index (Phi) is 7.40. The smallest absolute Gasteiger partial charge is 0.243 e. The Morgan fingerprint density at radius 1 is 1.00 bits per heavy atom. The summed E-state index contributed by atoms with van der Waals surface area (Å²) in [4.78, 5) is 25.5. The fraction of sp³-hybridized carbons (Fsp3) is 0.130. The van der Waals surface area contributed by atoms with E-state index in [1.807, 2.05) is 0 Å². The number of amides is 1. The molecule has 0 aliphatic heterocycles. The van der Waals surface area contributed by atoms with Gasteiger partial charge in [0.1, 0.15) is 5.82 Å². The molecule has 0 atom stereocenters. The van der Waals surface area contributed by atoms with Crippen molar-refractivity contribution >= 4 is 39.0 Å². The van der Waals surface area contributed by atoms with Crippen molar-refractivity contribution in [2.24, 2.45) is 0 Å². The summed E-state index contributed by atoms with van der Waals surface area (Å²) in [6.45, 7) is 1.11. The highest BCUT2D eigenvalue weighted by Crippen LogP contribution is 2.24. The summed E-state index contributed by atoms with van der Waals surface area (Å²) in [6, 6.07) is 17.3. The number of sulfonamides is 1. The molecular formula is C23H20ClFN2O4S. The minimum Gasteiger partial charge on any atom is -0.324 e. The lowest BCUT2D eigenvalue weighted by atomic mass is 10.0. The number of likely N-dealkylation sites (N-methyl/N-ethyl adjacent to an activating group) is 1. The Hall–Kier alpha value is -3.07. The average Bonchev–Trinajstić information content (AvgIpc) is 2.79. The van der Waals surface area contributed by atoms with Crippen LogP contribution in [0.25, 0.3) is 0 Å². The van der Waals surface area contributed by atoms with Crippen molar-refractivity contribution in [3.8, 4) is 0 Å². The Morgan fingerprint density at radius 3 is 2.28 bits per heavy atom. The van der Waals surface area contributed by atoms with E-state index in [-0.39, 0.29) is 28.5 Å². The number of hydrogen-bond donors (Lipinski definition) is 1. The Bertz CT molecular complexity index is 1230. The molecule has 0 aromatic heterocycles. The Morgan fingerprint density at radius 2 is 1.66 bits per heavy atom. The van der Waals surface area contributed by atoms with Crippen LogP contribution >= 0.6 is 11.6 Å². The van der Waals surface area contributed by atoms with E-state index >= 15 is 0 Å². The van der Waals surface area contributed by atoms with Crippen molar-refractivity contribution < 1.29 is 22.4 Å². The normalized spacial score (nSPS) is 11.4. The molecule has 0 bridgehead atoms. The predicted octanol–water partition coefficient (Wildman–Crippen LogP) is 4.36. The number of anilines is 1. The van der Waals surface area contributed by atoms with E-state index in [0.717, 1.165) is 28.6 Å². The van der Waals surface area contributed by atoms with Crippen LogP contribution in [0.1, 0.15) is 22.8 Å². The largest absolute Gasteiger partial charge is 0.324 e. The summed E-state index contributed by atoms with van der Waals surface area (Å²) < 4.78 is 39.8. The molecule has 32 heavy (non-hydrogen) atoms. The second-order valence-electron chi connectivity index (χ2n) is 6.82. The van der Waals surface area contributed by atoms with Crippen molar-refractivity contribution in [3.63, 3.8) is 0 Å². The number of nitrogens with one attached hydrogen (secondary N) is 1. The number of rotatable bonds is 8. The van der Waals surface area contributed by atoms with Crippen LogP contribution in [0.2, 0.25) is 5.02 Å². The van der Waals surface area contributed by atoms with E-state index < -0.39 is 28.3 Å². The third kappa shape index (κ3) is 5.40. The van der Waals surface area contributed by atoms with Gasteiger partial charge in [0.15, 0.2) is 5.78 Å². The Labute approximate surface area is 190 Å². The number of ketones is 1. The fourth-order valence-corrected chi connectivity index (χ4v) is 4.61. The summed E-state index contributed by atoms with van der Waals surface area (Å²) in [5, 5.41) is 2.92. The minimum atomic E-state index is -4.01. The van der Waals surface area contributed by atoms with Crippen molar-refractivity contribution in [1.29, 1.82) is 0 Å². The van der Waals surface area contributed by atoms with Crippen LogP contribution in [0.5, 0.6) is 0 Å². The lowest BCUT2D eigenvalue weighted by molar-refractivity contribution is -0.116. The van der Waals surface area contributed by atoms with E-state index in [4.69, 9.17) is 11.6 Å². The molecule has 0 fully saturated rings. The maximum atomic E-state index is 13.2. The van der Waals surface area contributed by atoms with E-state index in [0.29, 0.717) is 10.6 Å². The predicted molar refractivity (Wildman–Crippen MR) is 121 cm³/mol. The highest BCUT2D eigenvalue weighted by molar-refractivity contribution is 7.89. The van der Waals surface area contributed by atoms with E-state index in [1.54, 1.807) is 37.3 Å². The molecule has 0 spiro atoms. The molecule has 0 aliphatic carbocycles. The SMILES string of the molecule is CCN(CC(=O)Nc1ccc(Cl)cc1C(=O)c1ccccc1)S(=O)(=O)c1ccc(F)cc1.